The molecule has 3 heterocycles. The Morgan fingerprint density at radius 2 is 1.56 bits per heavy atom. The van der Waals surface area contributed by atoms with E-state index in [0.717, 1.165) is 52.4 Å². The van der Waals surface area contributed by atoms with E-state index in [1.807, 2.05) is 85.0 Å². The molecule has 7 heteroatoms. The Morgan fingerprint density at radius 1 is 0.844 bits per heavy atom. The van der Waals surface area contributed by atoms with Crippen LogP contribution >= 0.6 is 0 Å². The second-order valence-electron chi connectivity index (χ2n) is 8.28. The van der Waals surface area contributed by atoms with Crippen molar-refractivity contribution in [3.63, 3.8) is 0 Å². The zero-order valence-electron chi connectivity index (χ0n) is 18.6. The first kappa shape index (κ1) is 20.2. The van der Waals surface area contributed by atoms with E-state index in [2.05, 4.69) is 20.0 Å². The average molecular weight is 427 g/mol. The summed E-state index contributed by atoms with van der Waals surface area (Å²) in [7, 11) is 0. The molecular formula is C25H26N6O. The standard InChI is InChI=1S/C25H26N6O/c1-17-15-18(2)31(28-17)24-16-23(26-19(3)27-24)29-11-13-30(14-12-29)25(32)22-10-6-8-20-7-4-5-9-21(20)22/h4-10,15-16H,11-14H2,1-3H3. The molecule has 0 radical (unpaired) electrons. The molecule has 0 saturated carbocycles. The fourth-order valence-corrected chi connectivity index (χ4v) is 4.39. The van der Waals surface area contributed by atoms with Crippen molar-refractivity contribution in [3.05, 3.63) is 77.4 Å². The van der Waals surface area contributed by atoms with Crippen LogP contribution in [0.25, 0.3) is 16.6 Å². The number of hydrogen-bond donors (Lipinski definition) is 0. The molecule has 1 aliphatic rings. The van der Waals surface area contributed by atoms with E-state index < -0.39 is 0 Å². The summed E-state index contributed by atoms with van der Waals surface area (Å²) in [5.74, 6) is 2.44. The Kier molecular flexibility index (Phi) is 5.09. The molecule has 7 nitrogen and oxygen atoms in total. The van der Waals surface area contributed by atoms with Crippen LogP contribution in [0, 0.1) is 20.8 Å². The second kappa shape index (κ2) is 8.07. The quantitative estimate of drug-likeness (QED) is 0.500. The maximum Gasteiger partial charge on any atom is 0.254 e. The van der Waals surface area contributed by atoms with E-state index in [0.29, 0.717) is 18.9 Å². The van der Waals surface area contributed by atoms with Crippen LogP contribution in [0.5, 0.6) is 0 Å². The highest BCUT2D eigenvalue weighted by Crippen LogP contribution is 2.22. The lowest BCUT2D eigenvalue weighted by atomic mass is 10.0. The highest BCUT2D eigenvalue weighted by atomic mass is 16.2. The lowest BCUT2D eigenvalue weighted by molar-refractivity contribution is 0.0748. The molecule has 0 spiro atoms. The Bertz CT molecular complexity index is 1300. The van der Waals surface area contributed by atoms with E-state index in [1.54, 1.807) is 0 Å². The number of benzene rings is 2. The van der Waals surface area contributed by atoms with Gasteiger partial charge in [0.2, 0.25) is 0 Å². The van der Waals surface area contributed by atoms with Crippen LogP contribution in [-0.2, 0) is 0 Å². The summed E-state index contributed by atoms with van der Waals surface area (Å²) in [6.45, 7) is 8.66. The molecule has 162 valence electrons. The molecule has 4 aromatic rings. The molecular weight excluding hydrogens is 400 g/mol. The number of carbonyl (C=O) groups is 1. The maximum absolute atomic E-state index is 13.3. The Morgan fingerprint density at radius 3 is 2.31 bits per heavy atom. The molecule has 0 unspecified atom stereocenters. The van der Waals surface area contributed by atoms with Crippen molar-refractivity contribution in [1.29, 1.82) is 0 Å². The first-order valence-electron chi connectivity index (χ1n) is 10.9. The molecule has 0 aliphatic carbocycles. The predicted octanol–water partition coefficient (Wildman–Crippen LogP) is 3.70. The van der Waals surface area contributed by atoms with E-state index in [4.69, 9.17) is 0 Å². The van der Waals surface area contributed by atoms with Crippen molar-refractivity contribution in [2.75, 3.05) is 31.1 Å². The Labute approximate surface area is 187 Å². The van der Waals surface area contributed by atoms with Crippen molar-refractivity contribution in [3.8, 4) is 5.82 Å². The number of hydrogen-bond acceptors (Lipinski definition) is 5. The highest BCUT2D eigenvalue weighted by molar-refractivity contribution is 6.07. The monoisotopic (exact) mass is 426 g/mol. The van der Waals surface area contributed by atoms with Gasteiger partial charge in [0.15, 0.2) is 5.82 Å². The molecule has 2 aromatic heterocycles. The summed E-state index contributed by atoms with van der Waals surface area (Å²) >= 11 is 0. The fourth-order valence-electron chi connectivity index (χ4n) is 4.39. The van der Waals surface area contributed by atoms with E-state index in [9.17, 15) is 4.79 Å². The number of piperazine rings is 1. The molecule has 1 amide bonds. The van der Waals surface area contributed by atoms with Gasteiger partial charge in [-0.2, -0.15) is 5.10 Å². The van der Waals surface area contributed by atoms with Crippen molar-refractivity contribution >= 4 is 22.5 Å². The van der Waals surface area contributed by atoms with Crippen molar-refractivity contribution in [2.45, 2.75) is 20.8 Å². The number of aryl methyl sites for hydroxylation is 3. The minimum atomic E-state index is 0.0867. The molecule has 0 atom stereocenters. The van der Waals surface area contributed by atoms with Crippen LogP contribution < -0.4 is 4.90 Å². The fraction of sp³-hybridized carbons (Fsp3) is 0.280. The number of fused-ring (bicyclic) bond motifs is 1. The molecule has 1 fully saturated rings. The third kappa shape index (κ3) is 3.70. The van der Waals surface area contributed by atoms with Gasteiger partial charge >= 0.3 is 0 Å². The van der Waals surface area contributed by atoms with Crippen LogP contribution in [0.1, 0.15) is 27.6 Å². The smallest absolute Gasteiger partial charge is 0.254 e. The highest BCUT2D eigenvalue weighted by Gasteiger charge is 2.24. The zero-order valence-corrected chi connectivity index (χ0v) is 18.6. The Hall–Kier alpha value is -3.74. The van der Waals surface area contributed by atoms with Gasteiger partial charge in [0.1, 0.15) is 11.6 Å². The average Bonchev–Trinajstić information content (AvgIpc) is 3.16. The summed E-state index contributed by atoms with van der Waals surface area (Å²) in [6.07, 6.45) is 0. The van der Waals surface area contributed by atoms with Crippen molar-refractivity contribution in [2.24, 2.45) is 0 Å². The number of nitrogens with zero attached hydrogens (tertiary/aromatic N) is 6. The van der Waals surface area contributed by atoms with Crippen molar-refractivity contribution in [1.82, 2.24) is 24.6 Å². The van der Waals surface area contributed by atoms with Gasteiger partial charge in [-0.15, -0.1) is 0 Å². The number of amides is 1. The molecule has 1 saturated heterocycles. The zero-order chi connectivity index (χ0) is 22.2. The molecule has 5 rings (SSSR count). The van der Waals surface area contributed by atoms with Gasteiger partial charge in [0, 0.05) is 43.5 Å². The largest absolute Gasteiger partial charge is 0.353 e. The molecule has 0 N–H and O–H groups in total. The number of anilines is 1. The van der Waals surface area contributed by atoms with Gasteiger partial charge < -0.3 is 9.80 Å². The lowest BCUT2D eigenvalue weighted by Gasteiger charge is -2.35. The molecule has 0 bridgehead atoms. The topological polar surface area (TPSA) is 67.2 Å². The maximum atomic E-state index is 13.3. The first-order valence-corrected chi connectivity index (χ1v) is 10.9. The van der Waals surface area contributed by atoms with E-state index >= 15 is 0 Å². The van der Waals surface area contributed by atoms with E-state index in [1.165, 1.54) is 0 Å². The lowest BCUT2D eigenvalue weighted by Crippen LogP contribution is -2.49. The molecule has 2 aromatic carbocycles. The summed E-state index contributed by atoms with van der Waals surface area (Å²) in [6, 6.07) is 18.0. The third-order valence-corrected chi connectivity index (χ3v) is 5.95. The number of carbonyl (C=O) groups excluding carboxylic acids is 1. The van der Waals surface area contributed by atoms with Gasteiger partial charge in [-0.05, 0) is 43.7 Å². The van der Waals surface area contributed by atoms with E-state index in [-0.39, 0.29) is 5.91 Å². The van der Waals surface area contributed by atoms with Gasteiger partial charge in [0.25, 0.3) is 5.91 Å². The van der Waals surface area contributed by atoms with Crippen LogP contribution in [0.4, 0.5) is 5.82 Å². The minimum Gasteiger partial charge on any atom is -0.353 e. The number of rotatable bonds is 3. The molecule has 32 heavy (non-hydrogen) atoms. The van der Waals surface area contributed by atoms with Crippen LogP contribution in [0.3, 0.4) is 0 Å². The normalized spacial score (nSPS) is 14.2. The second-order valence-corrected chi connectivity index (χ2v) is 8.28. The summed E-state index contributed by atoms with van der Waals surface area (Å²) < 4.78 is 1.85. The van der Waals surface area contributed by atoms with Gasteiger partial charge in [-0.25, -0.2) is 14.6 Å². The third-order valence-electron chi connectivity index (χ3n) is 5.95. The SMILES string of the molecule is Cc1cc(C)n(-c2cc(N3CCN(C(=O)c4cccc5ccccc45)CC3)nc(C)n2)n1. The Balaban J connectivity index is 1.35. The minimum absolute atomic E-state index is 0.0867. The van der Waals surface area contributed by atoms with Crippen LogP contribution in [0.15, 0.2) is 54.6 Å². The van der Waals surface area contributed by atoms with Crippen LogP contribution in [-0.4, -0.2) is 56.7 Å². The van der Waals surface area contributed by atoms with Crippen LogP contribution in [0.2, 0.25) is 0 Å². The van der Waals surface area contributed by atoms with Gasteiger partial charge in [0.05, 0.1) is 5.69 Å². The van der Waals surface area contributed by atoms with Crippen molar-refractivity contribution < 1.29 is 4.79 Å². The van der Waals surface area contributed by atoms with Gasteiger partial charge in [-0.3, -0.25) is 4.79 Å². The number of aromatic nitrogens is 4. The molecule has 1 aliphatic heterocycles. The summed E-state index contributed by atoms with van der Waals surface area (Å²) in [5.41, 5.74) is 2.76. The van der Waals surface area contributed by atoms with Gasteiger partial charge in [-0.1, -0.05) is 36.4 Å². The summed E-state index contributed by atoms with van der Waals surface area (Å²) in [4.78, 5) is 26.7. The summed E-state index contributed by atoms with van der Waals surface area (Å²) in [5, 5.41) is 6.65. The first-order chi connectivity index (χ1) is 15.5. The predicted molar refractivity (Wildman–Crippen MR) is 125 cm³/mol.